The second-order valence-corrected chi connectivity index (χ2v) is 8.95. The van der Waals surface area contributed by atoms with Crippen LogP contribution in [0.5, 0.6) is 0 Å². The fourth-order valence-corrected chi connectivity index (χ4v) is 4.06. The number of nitrogens with zero attached hydrogens (tertiary/aromatic N) is 1. The van der Waals surface area contributed by atoms with E-state index in [1.165, 1.54) is 23.2 Å². The van der Waals surface area contributed by atoms with Gasteiger partial charge in [0.05, 0.1) is 5.97 Å². The van der Waals surface area contributed by atoms with E-state index in [1.54, 1.807) is 12.1 Å². The minimum Gasteiger partial charge on any atom is -0.545 e. The molecule has 0 saturated heterocycles. The number of aromatic carboxylic acids is 1. The molecule has 3 aromatic rings. The molecule has 0 atom stereocenters. The summed E-state index contributed by atoms with van der Waals surface area (Å²) in [4.78, 5) is 11.0. The first-order valence-corrected chi connectivity index (χ1v) is 10.5. The van der Waals surface area contributed by atoms with Gasteiger partial charge in [-0.05, 0) is 51.4 Å². The lowest BCUT2D eigenvalue weighted by atomic mass is 9.83. The Kier molecular flexibility index (Phi) is 5.29. The van der Waals surface area contributed by atoms with Crippen molar-refractivity contribution in [2.24, 2.45) is 0 Å². The summed E-state index contributed by atoms with van der Waals surface area (Å²) >= 11 is 0. The molecule has 3 heteroatoms. The van der Waals surface area contributed by atoms with Crippen molar-refractivity contribution in [1.82, 2.24) is 0 Å². The zero-order chi connectivity index (χ0) is 21.3. The van der Waals surface area contributed by atoms with Crippen LogP contribution in [-0.2, 0) is 5.41 Å². The maximum absolute atomic E-state index is 11.0. The molecule has 1 aliphatic heterocycles. The molecule has 0 spiro atoms. The van der Waals surface area contributed by atoms with Crippen LogP contribution >= 0.6 is 0 Å². The third-order valence-corrected chi connectivity index (χ3v) is 5.72. The second-order valence-electron chi connectivity index (χ2n) is 8.95. The fourth-order valence-electron chi connectivity index (χ4n) is 4.06. The van der Waals surface area contributed by atoms with Crippen LogP contribution < -0.4 is 5.11 Å². The first-order valence-electron chi connectivity index (χ1n) is 10.5. The van der Waals surface area contributed by atoms with Gasteiger partial charge in [-0.15, -0.1) is 0 Å². The number of carboxylic acids is 1. The van der Waals surface area contributed by atoms with Crippen LogP contribution in [-0.4, -0.2) is 23.3 Å². The van der Waals surface area contributed by atoms with Crippen molar-refractivity contribution in [2.75, 3.05) is 6.54 Å². The SMILES string of the molecule is CC(C)(C)c1cc(-c2cccc(-c3ccc(C(=O)[O-])cc3)c2)ccc1[N+]1=CCCC1. The minimum atomic E-state index is -1.15. The molecule has 3 nitrogen and oxygen atoms in total. The Hall–Kier alpha value is -3.20. The first-order chi connectivity index (χ1) is 14.3. The molecular formula is C27H27NO2. The molecule has 1 aliphatic rings. The summed E-state index contributed by atoms with van der Waals surface area (Å²) < 4.78 is 2.39. The van der Waals surface area contributed by atoms with Gasteiger partial charge in [0.25, 0.3) is 0 Å². The lowest BCUT2D eigenvalue weighted by Gasteiger charge is -2.21. The normalized spacial score (nSPS) is 13.9. The molecule has 3 aromatic carbocycles. The van der Waals surface area contributed by atoms with E-state index in [4.69, 9.17) is 0 Å². The fraction of sp³-hybridized carbons (Fsp3) is 0.259. The van der Waals surface area contributed by atoms with Gasteiger partial charge in [-0.1, -0.05) is 63.2 Å². The molecule has 0 N–H and O–H groups in total. The van der Waals surface area contributed by atoms with Crippen molar-refractivity contribution >= 4 is 17.9 Å². The summed E-state index contributed by atoms with van der Waals surface area (Å²) in [5, 5.41) is 11.0. The number of hydrogen-bond acceptors (Lipinski definition) is 2. The van der Waals surface area contributed by atoms with Crippen molar-refractivity contribution in [3.63, 3.8) is 0 Å². The number of rotatable bonds is 4. The van der Waals surface area contributed by atoms with Crippen molar-refractivity contribution < 1.29 is 14.5 Å². The molecule has 0 aromatic heterocycles. The van der Waals surface area contributed by atoms with E-state index in [1.807, 2.05) is 12.1 Å². The Morgan fingerprint density at radius 2 is 1.50 bits per heavy atom. The van der Waals surface area contributed by atoms with Crippen LogP contribution in [0.2, 0.25) is 0 Å². The van der Waals surface area contributed by atoms with E-state index >= 15 is 0 Å². The number of carboxylic acid groups (broad SMARTS) is 1. The molecule has 0 saturated carbocycles. The zero-order valence-corrected chi connectivity index (χ0v) is 17.8. The summed E-state index contributed by atoms with van der Waals surface area (Å²) in [6.45, 7) is 7.88. The van der Waals surface area contributed by atoms with Crippen LogP contribution in [0.4, 0.5) is 5.69 Å². The Bertz CT molecular complexity index is 1120. The number of hydrogen-bond donors (Lipinski definition) is 0. The molecule has 4 rings (SSSR count). The quantitative estimate of drug-likeness (QED) is 0.569. The standard InChI is InChI=1S/C27H27NO2/c1-27(2,3)24-18-23(13-14-25(24)28-15-4-5-16-28)22-8-6-7-21(17-22)19-9-11-20(12-10-19)26(29)30/h6-15,17-18H,4-5,16H2,1-3H3. The van der Waals surface area contributed by atoms with Crippen molar-refractivity contribution in [1.29, 1.82) is 0 Å². The van der Waals surface area contributed by atoms with Crippen LogP contribution in [0.15, 0.2) is 66.7 Å². The molecule has 30 heavy (non-hydrogen) atoms. The van der Waals surface area contributed by atoms with Gasteiger partial charge < -0.3 is 9.90 Å². The highest BCUT2D eigenvalue weighted by molar-refractivity contribution is 5.86. The van der Waals surface area contributed by atoms with E-state index in [-0.39, 0.29) is 11.0 Å². The predicted octanol–water partition coefficient (Wildman–Crippen LogP) is 5.19. The summed E-state index contributed by atoms with van der Waals surface area (Å²) in [6, 6.07) is 22.0. The maximum Gasteiger partial charge on any atom is 0.208 e. The Morgan fingerprint density at radius 1 is 0.867 bits per heavy atom. The molecule has 152 valence electrons. The Balaban J connectivity index is 1.74. The molecule has 1 heterocycles. The highest BCUT2D eigenvalue weighted by atomic mass is 16.4. The highest BCUT2D eigenvalue weighted by Gasteiger charge is 2.26. The molecule has 0 fully saturated rings. The minimum absolute atomic E-state index is 0.0417. The van der Waals surface area contributed by atoms with Crippen LogP contribution in [0.25, 0.3) is 22.3 Å². The van der Waals surface area contributed by atoms with E-state index < -0.39 is 5.97 Å². The third-order valence-electron chi connectivity index (χ3n) is 5.72. The Labute approximate surface area is 178 Å². The van der Waals surface area contributed by atoms with Gasteiger partial charge in [0, 0.05) is 24.5 Å². The molecule has 0 bridgehead atoms. The largest absolute Gasteiger partial charge is 0.545 e. The van der Waals surface area contributed by atoms with Gasteiger partial charge in [-0.25, -0.2) is 4.58 Å². The first kappa shape index (κ1) is 20.1. The van der Waals surface area contributed by atoms with Crippen LogP contribution in [0.1, 0.15) is 49.5 Å². The van der Waals surface area contributed by atoms with Gasteiger partial charge >= 0.3 is 0 Å². The summed E-state index contributed by atoms with van der Waals surface area (Å²) in [5.41, 5.74) is 7.28. The molecule has 0 unspecified atom stereocenters. The van der Waals surface area contributed by atoms with Crippen molar-refractivity contribution in [3.05, 3.63) is 77.9 Å². The summed E-state index contributed by atoms with van der Waals surface area (Å²) in [7, 11) is 0. The predicted molar refractivity (Wildman–Crippen MR) is 120 cm³/mol. The summed E-state index contributed by atoms with van der Waals surface area (Å²) in [6.07, 6.45) is 4.66. The zero-order valence-electron chi connectivity index (χ0n) is 17.8. The summed E-state index contributed by atoms with van der Waals surface area (Å²) in [5.74, 6) is -1.15. The highest BCUT2D eigenvalue weighted by Crippen LogP contribution is 2.36. The van der Waals surface area contributed by atoms with Crippen molar-refractivity contribution in [3.8, 4) is 22.3 Å². The number of benzene rings is 3. The van der Waals surface area contributed by atoms with E-state index in [0.29, 0.717) is 0 Å². The van der Waals surface area contributed by atoms with Crippen molar-refractivity contribution in [2.45, 2.75) is 39.0 Å². The molecule has 0 radical (unpaired) electrons. The maximum atomic E-state index is 11.0. The van der Waals surface area contributed by atoms with Crippen LogP contribution in [0.3, 0.4) is 0 Å². The van der Waals surface area contributed by atoms with Gasteiger partial charge in [-0.2, -0.15) is 0 Å². The topological polar surface area (TPSA) is 43.1 Å². The van der Waals surface area contributed by atoms with Gasteiger partial charge in [0.2, 0.25) is 5.69 Å². The van der Waals surface area contributed by atoms with E-state index in [9.17, 15) is 9.90 Å². The van der Waals surface area contributed by atoms with Gasteiger partial charge in [-0.3, -0.25) is 0 Å². The van der Waals surface area contributed by atoms with E-state index in [2.05, 4.69) is 74.0 Å². The molecular weight excluding hydrogens is 370 g/mol. The second kappa shape index (κ2) is 7.91. The smallest absolute Gasteiger partial charge is 0.208 e. The van der Waals surface area contributed by atoms with Crippen LogP contribution in [0, 0.1) is 0 Å². The number of carbonyl (C=O) groups excluding carboxylic acids is 1. The van der Waals surface area contributed by atoms with Gasteiger partial charge in [0.15, 0.2) is 0 Å². The van der Waals surface area contributed by atoms with Gasteiger partial charge in [0.1, 0.15) is 12.8 Å². The lowest BCUT2D eigenvalue weighted by molar-refractivity contribution is -0.427. The average Bonchev–Trinajstić information content (AvgIpc) is 3.28. The average molecular weight is 398 g/mol. The molecule has 0 amide bonds. The third kappa shape index (κ3) is 4.06. The number of carbonyl (C=O) groups is 1. The monoisotopic (exact) mass is 397 g/mol. The molecule has 0 aliphatic carbocycles. The lowest BCUT2D eigenvalue weighted by Crippen LogP contribution is -2.21. The van der Waals surface area contributed by atoms with E-state index in [0.717, 1.165) is 29.7 Å². The Morgan fingerprint density at radius 3 is 2.10 bits per heavy atom.